The van der Waals surface area contributed by atoms with Crippen molar-refractivity contribution < 1.29 is 9.59 Å². The van der Waals surface area contributed by atoms with E-state index in [0.717, 1.165) is 22.0 Å². The highest BCUT2D eigenvalue weighted by molar-refractivity contribution is 7.98. The summed E-state index contributed by atoms with van der Waals surface area (Å²) in [6.45, 7) is 0.304. The van der Waals surface area contributed by atoms with Crippen molar-refractivity contribution >= 4 is 29.4 Å². The van der Waals surface area contributed by atoms with E-state index in [1.54, 1.807) is 32.1 Å². The van der Waals surface area contributed by atoms with Gasteiger partial charge < -0.3 is 15.5 Å². The number of nitrogens with zero attached hydrogens (tertiary/aromatic N) is 2. The molecule has 0 atom stereocenters. The van der Waals surface area contributed by atoms with Gasteiger partial charge in [0.15, 0.2) is 0 Å². The lowest BCUT2D eigenvalue weighted by molar-refractivity contribution is -0.128. The molecule has 7 heteroatoms. The van der Waals surface area contributed by atoms with Gasteiger partial charge in [0.05, 0.1) is 5.03 Å². The third-order valence-electron chi connectivity index (χ3n) is 3.33. The molecule has 0 spiro atoms. The fraction of sp³-hybridized carbons (Fsp3) is 0.278. The van der Waals surface area contributed by atoms with Gasteiger partial charge in [-0.15, -0.1) is 11.8 Å². The van der Waals surface area contributed by atoms with Crippen LogP contribution in [0.3, 0.4) is 0 Å². The molecule has 2 rings (SSSR count). The fourth-order valence-electron chi connectivity index (χ4n) is 2.01. The molecule has 2 aromatic rings. The first-order valence-corrected chi connectivity index (χ1v) is 8.91. The van der Waals surface area contributed by atoms with Gasteiger partial charge in [0.1, 0.15) is 0 Å². The summed E-state index contributed by atoms with van der Waals surface area (Å²) >= 11 is 1.64. The summed E-state index contributed by atoms with van der Waals surface area (Å²) in [5, 5.41) is 6.43. The maximum atomic E-state index is 11.9. The largest absolute Gasteiger partial charge is 0.349 e. The second kappa shape index (κ2) is 9.68. The maximum absolute atomic E-state index is 11.9. The Morgan fingerprint density at radius 2 is 2.00 bits per heavy atom. The zero-order chi connectivity index (χ0) is 18.1. The molecule has 25 heavy (non-hydrogen) atoms. The summed E-state index contributed by atoms with van der Waals surface area (Å²) in [7, 11) is 3.38. The molecule has 0 aliphatic carbocycles. The minimum atomic E-state index is -0.318. The molecular weight excluding hydrogens is 336 g/mol. The average molecular weight is 358 g/mol. The molecule has 3 amide bonds. The van der Waals surface area contributed by atoms with Crippen molar-refractivity contribution in [2.75, 3.05) is 26.0 Å². The Balaban J connectivity index is 1.80. The van der Waals surface area contributed by atoms with Gasteiger partial charge in [0.25, 0.3) is 0 Å². The van der Waals surface area contributed by atoms with E-state index >= 15 is 0 Å². The normalized spacial score (nSPS) is 10.2. The molecule has 0 radical (unpaired) electrons. The maximum Gasteiger partial charge on any atom is 0.319 e. The highest BCUT2D eigenvalue weighted by atomic mass is 32.2. The van der Waals surface area contributed by atoms with Crippen LogP contribution in [0.5, 0.6) is 0 Å². The summed E-state index contributed by atoms with van der Waals surface area (Å²) in [6, 6.07) is 13.2. The predicted octanol–water partition coefficient (Wildman–Crippen LogP) is 2.97. The minimum absolute atomic E-state index is 0.0196. The van der Waals surface area contributed by atoms with Crippen molar-refractivity contribution in [1.82, 2.24) is 15.2 Å². The molecule has 0 saturated carbocycles. The standard InChI is InChI=1S/C18H22N4O2S/c1-22(2)17(23)9-11-20-18(24)21-15-7-5-6-14(12-15)13-25-16-8-3-4-10-19-16/h3-8,10,12H,9,11,13H2,1-2H3,(H2,20,21,24). The van der Waals surface area contributed by atoms with Crippen LogP contribution in [-0.2, 0) is 10.5 Å². The van der Waals surface area contributed by atoms with Gasteiger partial charge in [0, 0.05) is 44.7 Å². The van der Waals surface area contributed by atoms with Crippen molar-refractivity contribution in [3.63, 3.8) is 0 Å². The van der Waals surface area contributed by atoms with Crippen LogP contribution in [0.25, 0.3) is 0 Å². The summed E-state index contributed by atoms with van der Waals surface area (Å²) in [5.41, 5.74) is 1.81. The van der Waals surface area contributed by atoms with Crippen LogP contribution < -0.4 is 10.6 Å². The lowest BCUT2D eigenvalue weighted by Gasteiger charge is -2.11. The number of carbonyl (C=O) groups excluding carboxylic acids is 2. The van der Waals surface area contributed by atoms with E-state index in [-0.39, 0.29) is 18.4 Å². The van der Waals surface area contributed by atoms with Gasteiger partial charge in [-0.1, -0.05) is 18.2 Å². The number of carbonyl (C=O) groups is 2. The van der Waals surface area contributed by atoms with Gasteiger partial charge in [-0.3, -0.25) is 4.79 Å². The van der Waals surface area contributed by atoms with E-state index in [1.807, 2.05) is 42.5 Å². The number of hydrogen-bond acceptors (Lipinski definition) is 4. The van der Waals surface area contributed by atoms with Gasteiger partial charge >= 0.3 is 6.03 Å². The second-order valence-corrected chi connectivity index (χ2v) is 6.57. The predicted molar refractivity (Wildman–Crippen MR) is 101 cm³/mol. The molecule has 0 aliphatic rings. The first-order valence-electron chi connectivity index (χ1n) is 7.92. The molecule has 1 aromatic carbocycles. The van der Waals surface area contributed by atoms with Crippen LogP contribution in [0.1, 0.15) is 12.0 Å². The van der Waals surface area contributed by atoms with Gasteiger partial charge in [-0.25, -0.2) is 9.78 Å². The number of pyridine rings is 1. The molecule has 1 heterocycles. The van der Waals surface area contributed by atoms with Crippen molar-refractivity contribution in [3.05, 3.63) is 54.2 Å². The second-order valence-electron chi connectivity index (χ2n) is 5.58. The number of nitrogens with one attached hydrogen (secondary N) is 2. The first-order chi connectivity index (χ1) is 12.0. The van der Waals surface area contributed by atoms with Crippen molar-refractivity contribution in [1.29, 1.82) is 0 Å². The Morgan fingerprint density at radius 1 is 1.16 bits per heavy atom. The quantitative estimate of drug-likeness (QED) is 0.746. The summed E-state index contributed by atoms with van der Waals surface area (Å²) in [6.07, 6.45) is 2.05. The molecule has 1 aromatic heterocycles. The molecular formula is C18H22N4O2S. The molecule has 0 saturated heterocycles. The Kier molecular flexibility index (Phi) is 7.28. The molecule has 2 N–H and O–H groups in total. The van der Waals surface area contributed by atoms with E-state index in [1.165, 1.54) is 4.90 Å². The number of amides is 3. The number of aromatic nitrogens is 1. The number of hydrogen-bond donors (Lipinski definition) is 2. The smallest absolute Gasteiger partial charge is 0.319 e. The van der Waals surface area contributed by atoms with Crippen LogP contribution in [-0.4, -0.2) is 42.5 Å². The van der Waals surface area contributed by atoms with Crippen molar-refractivity contribution in [3.8, 4) is 0 Å². The van der Waals surface area contributed by atoms with Crippen molar-refractivity contribution in [2.24, 2.45) is 0 Å². The molecule has 0 bridgehead atoms. The molecule has 6 nitrogen and oxygen atoms in total. The van der Waals surface area contributed by atoms with Gasteiger partial charge in [-0.05, 0) is 29.8 Å². The summed E-state index contributed by atoms with van der Waals surface area (Å²) in [5.74, 6) is 0.750. The number of thioether (sulfide) groups is 1. The van der Waals surface area contributed by atoms with E-state index in [0.29, 0.717) is 6.54 Å². The van der Waals surface area contributed by atoms with E-state index in [2.05, 4.69) is 15.6 Å². The minimum Gasteiger partial charge on any atom is -0.349 e. The monoisotopic (exact) mass is 358 g/mol. The molecule has 0 fully saturated rings. The third-order valence-corrected chi connectivity index (χ3v) is 4.35. The topological polar surface area (TPSA) is 74.3 Å². The molecule has 132 valence electrons. The molecule has 0 aliphatic heterocycles. The van der Waals surface area contributed by atoms with Gasteiger partial charge in [0.2, 0.25) is 5.91 Å². The number of rotatable bonds is 7. The summed E-state index contributed by atoms with van der Waals surface area (Å²) in [4.78, 5) is 29.1. The Morgan fingerprint density at radius 3 is 2.72 bits per heavy atom. The molecule has 0 unspecified atom stereocenters. The van der Waals surface area contributed by atoms with Crippen LogP contribution >= 0.6 is 11.8 Å². The van der Waals surface area contributed by atoms with Crippen LogP contribution in [0, 0.1) is 0 Å². The van der Waals surface area contributed by atoms with Crippen LogP contribution in [0.4, 0.5) is 10.5 Å². The van der Waals surface area contributed by atoms with Gasteiger partial charge in [-0.2, -0.15) is 0 Å². The van der Waals surface area contributed by atoms with E-state index in [4.69, 9.17) is 0 Å². The van der Waals surface area contributed by atoms with E-state index < -0.39 is 0 Å². The SMILES string of the molecule is CN(C)C(=O)CCNC(=O)Nc1cccc(CSc2ccccn2)c1. The highest BCUT2D eigenvalue weighted by Crippen LogP contribution is 2.21. The average Bonchev–Trinajstić information content (AvgIpc) is 2.61. The third kappa shape index (κ3) is 6.84. The van der Waals surface area contributed by atoms with Crippen LogP contribution in [0.15, 0.2) is 53.7 Å². The lowest BCUT2D eigenvalue weighted by Crippen LogP contribution is -2.33. The summed E-state index contributed by atoms with van der Waals surface area (Å²) < 4.78 is 0. The number of urea groups is 1. The Hall–Kier alpha value is -2.54. The number of benzene rings is 1. The first kappa shape index (κ1) is 18.8. The Labute approximate surface area is 152 Å². The zero-order valence-electron chi connectivity index (χ0n) is 14.4. The lowest BCUT2D eigenvalue weighted by atomic mass is 10.2. The fourth-order valence-corrected chi connectivity index (χ4v) is 2.81. The van der Waals surface area contributed by atoms with E-state index in [9.17, 15) is 9.59 Å². The van der Waals surface area contributed by atoms with Crippen molar-refractivity contribution in [2.45, 2.75) is 17.2 Å². The number of anilines is 1. The Bertz CT molecular complexity index is 707. The van der Waals surface area contributed by atoms with Crippen LogP contribution in [0.2, 0.25) is 0 Å². The zero-order valence-corrected chi connectivity index (χ0v) is 15.2. The highest BCUT2D eigenvalue weighted by Gasteiger charge is 2.06.